The number of amides is 1. The van der Waals surface area contributed by atoms with Crippen molar-refractivity contribution in [3.8, 4) is 11.3 Å². The lowest BCUT2D eigenvalue weighted by Crippen LogP contribution is -2.39. The van der Waals surface area contributed by atoms with Crippen LogP contribution in [-0.4, -0.2) is 21.9 Å². The maximum absolute atomic E-state index is 12.6. The largest absolute Gasteiger partial charge is 0.419 e. The van der Waals surface area contributed by atoms with Crippen molar-refractivity contribution in [2.45, 2.75) is 19.5 Å². The number of hydrogen-bond acceptors (Lipinski definition) is 3. The van der Waals surface area contributed by atoms with Crippen LogP contribution in [0.4, 0.5) is 0 Å². The minimum atomic E-state index is -0.510. The van der Waals surface area contributed by atoms with Crippen LogP contribution in [0.3, 0.4) is 0 Å². The molecule has 4 rings (SSSR count). The third-order valence-electron chi connectivity index (χ3n) is 4.55. The summed E-state index contributed by atoms with van der Waals surface area (Å²) in [5.41, 5.74) is 3.28. The first kappa shape index (κ1) is 15.4. The van der Waals surface area contributed by atoms with Gasteiger partial charge in [0.05, 0.1) is 6.20 Å². The van der Waals surface area contributed by atoms with Gasteiger partial charge in [-0.1, -0.05) is 54.6 Å². The molecule has 5 nitrogen and oxygen atoms in total. The molecule has 126 valence electrons. The lowest BCUT2D eigenvalue weighted by Gasteiger charge is -2.28. The Balaban J connectivity index is 1.50. The normalized spacial score (nSPS) is 13.5. The molecule has 0 bridgehead atoms. The van der Waals surface area contributed by atoms with Gasteiger partial charge in [-0.25, -0.2) is 4.79 Å². The van der Waals surface area contributed by atoms with Gasteiger partial charge in [-0.3, -0.25) is 9.36 Å². The number of hydrogen-bond donors (Lipinski definition) is 0. The van der Waals surface area contributed by atoms with Gasteiger partial charge < -0.3 is 9.32 Å². The van der Waals surface area contributed by atoms with Crippen molar-refractivity contribution in [1.82, 2.24) is 9.47 Å². The van der Waals surface area contributed by atoms with Crippen LogP contribution in [0.1, 0.15) is 11.1 Å². The second-order valence-electron chi connectivity index (χ2n) is 6.19. The van der Waals surface area contributed by atoms with Gasteiger partial charge in [-0.05, 0) is 17.5 Å². The molecule has 3 aromatic rings. The highest BCUT2D eigenvalue weighted by Gasteiger charge is 2.21. The minimum Gasteiger partial charge on any atom is -0.408 e. The van der Waals surface area contributed by atoms with Gasteiger partial charge in [0.25, 0.3) is 0 Å². The Hall–Kier alpha value is -3.08. The van der Waals surface area contributed by atoms with E-state index in [2.05, 4.69) is 6.07 Å². The molecule has 1 amide bonds. The van der Waals surface area contributed by atoms with E-state index in [-0.39, 0.29) is 12.5 Å². The Bertz CT molecular complexity index is 956. The van der Waals surface area contributed by atoms with Crippen LogP contribution >= 0.6 is 0 Å². The van der Waals surface area contributed by atoms with Crippen LogP contribution in [0.15, 0.2) is 70.0 Å². The number of aromatic nitrogens is 1. The molecule has 0 N–H and O–H groups in total. The number of carbonyl (C=O) groups is 1. The number of oxazole rings is 1. The van der Waals surface area contributed by atoms with Gasteiger partial charge in [0.15, 0.2) is 5.76 Å². The third kappa shape index (κ3) is 3.13. The maximum atomic E-state index is 12.6. The summed E-state index contributed by atoms with van der Waals surface area (Å²) in [7, 11) is 0. The summed E-state index contributed by atoms with van der Waals surface area (Å²) in [4.78, 5) is 26.5. The van der Waals surface area contributed by atoms with Crippen molar-refractivity contribution < 1.29 is 9.21 Å². The standard InChI is InChI=1S/C20H18N2O3/c23-19(21-11-10-15-6-4-5-9-17(15)12-21)14-22-13-18(25-20(22)24)16-7-2-1-3-8-16/h1-9,13H,10-12,14H2. The van der Waals surface area contributed by atoms with E-state index in [4.69, 9.17) is 4.42 Å². The number of carbonyl (C=O) groups excluding carboxylic acids is 1. The summed E-state index contributed by atoms with van der Waals surface area (Å²) in [6.45, 7) is 1.26. The molecule has 0 radical (unpaired) electrons. The fraction of sp³-hybridized carbons (Fsp3) is 0.200. The highest BCUT2D eigenvalue weighted by molar-refractivity contribution is 5.76. The van der Waals surface area contributed by atoms with Crippen molar-refractivity contribution >= 4 is 5.91 Å². The highest BCUT2D eigenvalue weighted by atomic mass is 16.4. The van der Waals surface area contributed by atoms with E-state index in [1.54, 1.807) is 11.1 Å². The summed E-state index contributed by atoms with van der Waals surface area (Å²) in [5, 5.41) is 0. The molecule has 0 saturated carbocycles. The predicted octanol–water partition coefficient (Wildman–Crippen LogP) is 2.69. The lowest BCUT2D eigenvalue weighted by atomic mass is 10.00. The van der Waals surface area contributed by atoms with Gasteiger partial charge >= 0.3 is 5.76 Å². The maximum Gasteiger partial charge on any atom is 0.419 e. The molecule has 1 aliphatic rings. The zero-order valence-corrected chi connectivity index (χ0v) is 13.7. The van der Waals surface area contributed by atoms with Crippen LogP contribution < -0.4 is 5.76 Å². The molecule has 25 heavy (non-hydrogen) atoms. The molecule has 0 saturated heterocycles. The quantitative estimate of drug-likeness (QED) is 0.740. The first-order chi connectivity index (χ1) is 12.2. The first-order valence-electron chi connectivity index (χ1n) is 8.31. The van der Waals surface area contributed by atoms with Gasteiger partial charge in [-0.15, -0.1) is 0 Å². The topological polar surface area (TPSA) is 55.5 Å². The van der Waals surface area contributed by atoms with E-state index in [1.807, 2.05) is 48.5 Å². The zero-order chi connectivity index (χ0) is 17.2. The van der Waals surface area contributed by atoms with Gasteiger partial charge in [0.1, 0.15) is 6.54 Å². The zero-order valence-electron chi connectivity index (χ0n) is 13.7. The third-order valence-corrected chi connectivity index (χ3v) is 4.55. The summed E-state index contributed by atoms with van der Waals surface area (Å²) in [6, 6.07) is 17.5. The van der Waals surface area contributed by atoms with Crippen molar-refractivity contribution in [2.24, 2.45) is 0 Å². The number of fused-ring (bicyclic) bond motifs is 1. The number of benzene rings is 2. The minimum absolute atomic E-state index is 0.00265. The SMILES string of the molecule is O=C(Cn1cc(-c2ccccc2)oc1=O)N1CCc2ccccc2C1. The lowest BCUT2D eigenvalue weighted by molar-refractivity contribution is -0.132. The molecular formula is C20H18N2O3. The molecular weight excluding hydrogens is 316 g/mol. The van der Waals surface area contributed by atoms with Gasteiger partial charge in [0.2, 0.25) is 5.91 Å². The predicted molar refractivity (Wildman–Crippen MR) is 94.0 cm³/mol. The van der Waals surface area contributed by atoms with Crippen molar-refractivity contribution in [1.29, 1.82) is 0 Å². The average Bonchev–Trinajstić information content (AvgIpc) is 3.02. The molecule has 5 heteroatoms. The smallest absolute Gasteiger partial charge is 0.408 e. The Morgan fingerprint density at radius 1 is 1.00 bits per heavy atom. The molecule has 2 heterocycles. The van der Waals surface area contributed by atoms with E-state index in [9.17, 15) is 9.59 Å². The summed E-state index contributed by atoms with van der Waals surface area (Å²) < 4.78 is 6.62. The Morgan fingerprint density at radius 3 is 2.52 bits per heavy atom. The fourth-order valence-corrected chi connectivity index (χ4v) is 3.17. The van der Waals surface area contributed by atoms with E-state index < -0.39 is 5.76 Å². The van der Waals surface area contributed by atoms with Crippen molar-refractivity contribution in [3.63, 3.8) is 0 Å². The summed E-state index contributed by atoms with van der Waals surface area (Å²) in [5.74, 6) is -0.107. The van der Waals surface area contributed by atoms with Crippen LogP contribution in [0.2, 0.25) is 0 Å². The van der Waals surface area contributed by atoms with Crippen molar-refractivity contribution in [3.05, 3.63) is 82.5 Å². The van der Waals surface area contributed by atoms with Gasteiger partial charge in [-0.2, -0.15) is 0 Å². The molecule has 0 fully saturated rings. The summed E-state index contributed by atoms with van der Waals surface area (Å²) >= 11 is 0. The molecule has 0 atom stereocenters. The fourth-order valence-electron chi connectivity index (χ4n) is 3.17. The highest BCUT2D eigenvalue weighted by Crippen LogP contribution is 2.20. The molecule has 0 spiro atoms. The van der Waals surface area contributed by atoms with Crippen LogP contribution in [0.25, 0.3) is 11.3 Å². The second-order valence-corrected chi connectivity index (χ2v) is 6.19. The van der Waals surface area contributed by atoms with Crippen LogP contribution in [0.5, 0.6) is 0 Å². The van der Waals surface area contributed by atoms with Gasteiger partial charge in [0, 0.05) is 18.7 Å². The molecule has 2 aromatic carbocycles. The Kier molecular flexibility index (Phi) is 3.98. The van der Waals surface area contributed by atoms with Crippen LogP contribution in [0, 0.1) is 0 Å². The molecule has 0 unspecified atom stereocenters. The second kappa shape index (κ2) is 6.43. The summed E-state index contributed by atoms with van der Waals surface area (Å²) in [6.07, 6.45) is 2.45. The number of nitrogens with zero attached hydrogens (tertiary/aromatic N) is 2. The van der Waals surface area contributed by atoms with Crippen LogP contribution in [-0.2, 0) is 24.3 Å². The van der Waals surface area contributed by atoms with E-state index >= 15 is 0 Å². The molecule has 0 aliphatic carbocycles. The monoisotopic (exact) mass is 334 g/mol. The van der Waals surface area contributed by atoms with E-state index in [1.165, 1.54) is 15.7 Å². The Morgan fingerprint density at radius 2 is 1.72 bits per heavy atom. The molecule has 1 aromatic heterocycles. The van der Waals surface area contributed by atoms with E-state index in [0.717, 1.165) is 12.0 Å². The number of rotatable bonds is 3. The van der Waals surface area contributed by atoms with E-state index in [0.29, 0.717) is 18.8 Å². The molecule has 1 aliphatic heterocycles. The Labute approximate surface area is 145 Å². The average molecular weight is 334 g/mol. The first-order valence-corrected chi connectivity index (χ1v) is 8.31. The van der Waals surface area contributed by atoms with Crippen molar-refractivity contribution in [2.75, 3.05) is 6.54 Å².